The number of rotatable bonds is 2. The molecule has 2 aliphatic carbocycles. The molecule has 15 heavy (non-hydrogen) atoms. The standard InChI is InChI=1S/C11H18N2O2/c1-7(14)12-9-3-11(4-9)5-10(6-11)13-8(2)15/h9-10H,3-6H2,1-2H3,(H,12,14)(H,13,15). The molecule has 0 aromatic heterocycles. The molecule has 2 saturated carbocycles. The number of hydrogen-bond acceptors (Lipinski definition) is 2. The van der Waals surface area contributed by atoms with Gasteiger partial charge in [0.2, 0.25) is 11.8 Å². The Bertz CT molecular complexity index is 255. The second-order valence-electron chi connectivity index (χ2n) is 5.11. The van der Waals surface area contributed by atoms with Gasteiger partial charge in [-0.15, -0.1) is 0 Å². The van der Waals surface area contributed by atoms with Crippen molar-refractivity contribution < 1.29 is 9.59 Å². The van der Waals surface area contributed by atoms with Crippen LogP contribution in [-0.4, -0.2) is 23.9 Å². The van der Waals surface area contributed by atoms with Gasteiger partial charge in [0.25, 0.3) is 0 Å². The van der Waals surface area contributed by atoms with E-state index in [1.165, 1.54) is 0 Å². The minimum Gasteiger partial charge on any atom is -0.354 e. The molecule has 0 aromatic rings. The maximum atomic E-state index is 10.8. The first kappa shape index (κ1) is 10.5. The first-order valence-electron chi connectivity index (χ1n) is 5.53. The van der Waals surface area contributed by atoms with Crippen molar-refractivity contribution in [2.24, 2.45) is 5.41 Å². The summed E-state index contributed by atoms with van der Waals surface area (Å²) in [6.45, 7) is 3.12. The molecule has 2 amide bonds. The van der Waals surface area contributed by atoms with Crippen LogP contribution in [-0.2, 0) is 9.59 Å². The molecule has 84 valence electrons. The third-order valence-corrected chi connectivity index (χ3v) is 3.53. The lowest BCUT2D eigenvalue weighted by Crippen LogP contribution is -2.60. The Morgan fingerprint density at radius 2 is 1.27 bits per heavy atom. The van der Waals surface area contributed by atoms with Crippen molar-refractivity contribution in [3.63, 3.8) is 0 Å². The van der Waals surface area contributed by atoms with Crippen LogP contribution in [0.2, 0.25) is 0 Å². The van der Waals surface area contributed by atoms with E-state index in [0.29, 0.717) is 17.5 Å². The van der Waals surface area contributed by atoms with E-state index in [-0.39, 0.29) is 11.8 Å². The van der Waals surface area contributed by atoms with Crippen LogP contribution in [0.3, 0.4) is 0 Å². The minimum absolute atomic E-state index is 0.0626. The van der Waals surface area contributed by atoms with Crippen molar-refractivity contribution in [3.05, 3.63) is 0 Å². The fraction of sp³-hybridized carbons (Fsp3) is 0.818. The maximum absolute atomic E-state index is 10.8. The van der Waals surface area contributed by atoms with Gasteiger partial charge in [-0.3, -0.25) is 9.59 Å². The van der Waals surface area contributed by atoms with Crippen LogP contribution < -0.4 is 10.6 Å². The Morgan fingerprint density at radius 1 is 0.933 bits per heavy atom. The smallest absolute Gasteiger partial charge is 0.217 e. The van der Waals surface area contributed by atoms with Crippen LogP contribution in [0.5, 0.6) is 0 Å². The summed E-state index contributed by atoms with van der Waals surface area (Å²) >= 11 is 0. The summed E-state index contributed by atoms with van der Waals surface area (Å²) in [6, 6.07) is 0.751. The fourth-order valence-corrected chi connectivity index (χ4v) is 3.08. The number of carbonyl (C=O) groups excluding carboxylic acids is 2. The molecule has 0 saturated heterocycles. The second kappa shape index (κ2) is 3.51. The number of amides is 2. The molecular formula is C11H18N2O2. The van der Waals surface area contributed by atoms with Gasteiger partial charge in [0.1, 0.15) is 0 Å². The Labute approximate surface area is 89.8 Å². The highest BCUT2D eigenvalue weighted by atomic mass is 16.2. The van der Waals surface area contributed by atoms with E-state index in [1.54, 1.807) is 13.8 Å². The van der Waals surface area contributed by atoms with Gasteiger partial charge in [0.05, 0.1) is 0 Å². The van der Waals surface area contributed by atoms with Gasteiger partial charge in [-0.1, -0.05) is 0 Å². The molecule has 1 spiro atoms. The molecule has 0 bridgehead atoms. The van der Waals surface area contributed by atoms with Gasteiger partial charge in [0.15, 0.2) is 0 Å². The lowest BCUT2D eigenvalue weighted by atomic mass is 9.52. The summed E-state index contributed by atoms with van der Waals surface area (Å²) in [5, 5.41) is 5.86. The predicted octanol–water partition coefficient (Wildman–Crippen LogP) is 0.570. The zero-order chi connectivity index (χ0) is 11.1. The molecule has 0 aromatic carbocycles. The predicted molar refractivity (Wildman–Crippen MR) is 56.1 cm³/mol. The van der Waals surface area contributed by atoms with Crippen molar-refractivity contribution in [2.75, 3.05) is 0 Å². The molecule has 0 aliphatic heterocycles. The highest BCUT2D eigenvalue weighted by molar-refractivity contribution is 5.74. The van der Waals surface area contributed by atoms with E-state index in [9.17, 15) is 9.59 Å². The molecule has 2 aliphatic rings. The molecule has 2 fully saturated rings. The van der Waals surface area contributed by atoms with E-state index < -0.39 is 0 Å². The van der Waals surface area contributed by atoms with E-state index in [2.05, 4.69) is 10.6 Å². The topological polar surface area (TPSA) is 58.2 Å². The van der Waals surface area contributed by atoms with Crippen molar-refractivity contribution in [1.82, 2.24) is 10.6 Å². The lowest BCUT2D eigenvalue weighted by molar-refractivity contribution is -0.124. The minimum atomic E-state index is 0.0626. The Kier molecular flexibility index (Phi) is 2.44. The summed E-state index contributed by atoms with van der Waals surface area (Å²) in [5.41, 5.74) is 0.431. The van der Waals surface area contributed by atoms with Gasteiger partial charge < -0.3 is 10.6 Å². The molecular weight excluding hydrogens is 192 g/mol. The monoisotopic (exact) mass is 210 g/mol. The summed E-state index contributed by atoms with van der Waals surface area (Å²) in [5.74, 6) is 0.125. The van der Waals surface area contributed by atoms with Crippen LogP contribution >= 0.6 is 0 Å². The summed E-state index contributed by atoms with van der Waals surface area (Å²) in [7, 11) is 0. The molecule has 0 heterocycles. The van der Waals surface area contributed by atoms with Gasteiger partial charge >= 0.3 is 0 Å². The van der Waals surface area contributed by atoms with Gasteiger partial charge in [-0.25, -0.2) is 0 Å². The van der Waals surface area contributed by atoms with Crippen molar-refractivity contribution in [3.8, 4) is 0 Å². The Balaban J connectivity index is 1.68. The first-order chi connectivity index (χ1) is 6.99. The zero-order valence-corrected chi connectivity index (χ0v) is 9.30. The van der Waals surface area contributed by atoms with Crippen LogP contribution in [0.15, 0.2) is 0 Å². The van der Waals surface area contributed by atoms with Crippen LogP contribution in [0.25, 0.3) is 0 Å². The molecule has 0 unspecified atom stereocenters. The summed E-state index contributed by atoms with van der Waals surface area (Å²) in [4.78, 5) is 21.6. The fourth-order valence-electron chi connectivity index (χ4n) is 3.08. The SMILES string of the molecule is CC(=O)NC1CC2(C1)CC(NC(C)=O)C2. The second-order valence-corrected chi connectivity index (χ2v) is 5.11. The van der Waals surface area contributed by atoms with Crippen molar-refractivity contribution in [2.45, 2.75) is 51.6 Å². The summed E-state index contributed by atoms with van der Waals surface area (Å²) < 4.78 is 0. The average molecular weight is 210 g/mol. The third kappa shape index (κ3) is 2.13. The van der Waals surface area contributed by atoms with E-state index >= 15 is 0 Å². The Morgan fingerprint density at radius 3 is 1.53 bits per heavy atom. The normalized spacial score (nSPS) is 37.7. The van der Waals surface area contributed by atoms with Crippen LogP contribution in [0.1, 0.15) is 39.5 Å². The molecule has 4 heteroatoms. The molecule has 4 nitrogen and oxygen atoms in total. The number of nitrogens with one attached hydrogen (secondary N) is 2. The van der Waals surface area contributed by atoms with Crippen LogP contribution in [0.4, 0.5) is 0 Å². The lowest BCUT2D eigenvalue weighted by Gasteiger charge is -2.57. The van der Waals surface area contributed by atoms with E-state index in [0.717, 1.165) is 25.7 Å². The third-order valence-electron chi connectivity index (χ3n) is 3.53. The largest absolute Gasteiger partial charge is 0.354 e. The quantitative estimate of drug-likeness (QED) is 0.700. The zero-order valence-electron chi connectivity index (χ0n) is 9.30. The number of hydrogen-bond donors (Lipinski definition) is 2. The first-order valence-corrected chi connectivity index (χ1v) is 5.53. The van der Waals surface area contributed by atoms with Crippen molar-refractivity contribution in [1.29, 1.82) is 0 Å². The molecule has 0 radical (unpaired) electrons. The van der Waals surface area contributed by atoms with E-state index in [1.807, 2.05) is 0 Å². The van der Waals surface area contributed by atoms with Gasteiger partial charge in [0, 0.05) is 25.9 Å². The summed E-state index contributed by atoms with van der Waals surface area (Å²) in [6.07, 6.45) is 4.34. The molecule has 0 atom stereocenters. The Hall–Kier alpha value is -1.06. The molecule has 2 rings (SSSR count). The number of carbonyl (C=O) groups is 2. The van der Waals surface area contributed by atoms with Crippen LogP contribution in [0, 0.1) is 5.41 Å². The van der Waals surface area contributed by atoms with Crippen molar-refractivity contribution >= 4 is 11.8 Å². The maximum Gasteiger partial charge on any atom is 0.217 e. The van der Waals surface area contributed by atoms with Gasteiger partial charge in [-0.05, 0) is 31.1 Å². The molecule has 2 N–H and O–H groups in total. The van der Waals surface area contributed by atoms with Gasteiger partial charge in [-0.2, -0.15) is 0 Å². The van der Waals surface area contributed by atoms with E-state index in [4.69, 9.17) is 0 Å². The highest BCUT2D eigenvalue weighted by Crippen LogP contribution is 2.55. The highest BCUT2D eigenvalue weighted by Gasteiger charge is 2.53. The average Bonchev–Trinajstić information content (AvgIpc) is 1.94.